The number of rotatable bonds is 3. The Hall–Kier alpha value is -2.45. The predicted molar refractivity (Wildman–Crippen MR) is 78.2 cm³/mol. The number of hydrogen-bond donors (Lipinski definition) is 1. The van der Waals surface area contributed by atoms with Crippen molar-refractivity contribution in [1.82, 2.24) is 5.32 Å². The molecule has 0 bridgehead atoms. The third kappa shape index (κ3) is 4.15. The van der Waals surface area contributed by atoms with Crippen LogP contribution >= 0.6 is 0 Å². The van der Waals surface area contributed by atoms with Crippen LogP contribution in [0.4, 0.5) is 13.2 Å². The lowest BCUT2D eigenvalue weighted by Gasteiger charge is -2.29. The predicted octanol–water partition coefficient (Wildman–Crippen LogP) is 2.56. The van der Waals surface area contributed by atoms with E-state index in [0.717, 1.165) is 0 Å². The standard InChI is InChI=1S/C16H16F3NO5/c17-16(18,19)15(22)20-10-2-4-11(5-3-10)25-14(21)9-1-6-12-13(7-9)24-8-23-12/h1,6-7,10-11H,2-5,8H2,(H,20,22). The summed E-state index contributed by atoms with van der Waals surface area (Å²) in [4.78, 5) is 23.1. The molecule has 1 aromatic rings. The monoisotopic (exact) mass is 359 g/mol. The molecule has 1 amide bonds. The van der Waals surface area contributed by atoms with Crippen LogP contribution in [0.3, 0.4) is 0 Å². The number of alkyl halides is 3. The molecule has 0 radical (unpaired) electrons. The van der Waals surface area contributed by atoms with Gasteiger partial charge in [-0.3, -0.25) is 4.79 Å². The highest BCUT2D eigenvalue weighted by Crippen LogP contribution is 2.33. The van der Waals surface area contributed by atoms with E-state index in [0.29, 0.717) is 42.7 Å². The summed E-state index contributed by atoms with van der Waals surface area (Å²) in [6.07, 6.45) is -3.86. The van der Waals surface area contributed by atoms with Crippen molar-refractivity contribution in [3.63, 3.8) is 0 Å². The van der Waals surface area contributed by atoms with Gasteiger partial charge < -0.3 is 19.5 Å². The number of carbonyl (C=O) groups excluding carboxylic acids is 2. The molecular formula is C16H16F3NO5. The first-order valence-corrected chi connectivity index (χ1v) is 7.81. The van der Waals surface area contributed by atoms with E-state index in [1.807, 2.05) is 5.32 Å². The average Bonchev–Trinajstić information content (AvgIpc) is 3.03. The fraction of sp³-hybridized carbons (Fsp3) is 0.500. The smallest absolute Gasteiger partial charge is 0.459 e. The first kappa shape index (κ1) is 17.4. The fourth-order valence-electron chi connectivity index (χ4n) is 2.84. The van der Waals surface area contributed by atoms with Gasteiger partial charge in [0.2, 0.25) is 6.79 Å². The average molecular weight is 359 g/mol. The minimum Gasteiger partial charge on any atom is -0.459 e. The van der Waals surface area contributed by atoms with E-state index >= 15 is 0 Å². The van der Waals surface area contributed by atoms with E-state index in [-0.39, 0.29) is 6.79 Å². The van der Waals surface area contributed by atoms with Crippen molar-refractivity contribution in [2.24, 2.45) is 0 Å². The maximum atomic E-state index is 12.2. The van der Waals surface area contributed by atoms with Gasteiger partial charge in [0, 0.05) is 6.04 Å². The molecule has 0 aromatic heterocycles. The molecule has 3 rings (SSSR count). The Bertz CT molecular complexity index is 668. The number of ether oxygens (including phenoxy) is 3. The number of carbonyl (C=O) groups is 2. The summed E-state index contributed by atoms with van der Waals surface area (Å²) in [5.41, 5.74) is 0.316. The number of halogens is 3. The van der Waals surface area contributed by atoms with Crippen LogP contribution in [0.25, 0.3) is 0 Å². The summed E-state index contributed by atoms with van der Waals surface area (Å²) in [5, 5.41) is 1.96. The summed E-state index contributed by atoms with van der Waals surface area (Å²) >= 11 is 0. The summed E-state index contributed by atoms with van der Waals surface area (Å²) in [7, 11) is 0. The van der Waals surface area contributed by atoms with Crippen molar-refractivity contribution in [3.8, 4) is 11.5 Å². The first-order chi connectivity index (χ1) is 11.8. The molecule has 0 unspecified atom stereocenters. The van der Waals surface area contributed by atoms with Gasteiger partial charge in [0.25, 0.3) is 0 Å². The molecule has 6 nitrogen and oxygen atoms in total. The van der Waals surface area contributed by atoms with E-state index in [1.54, 1.807) is 12.1 Å². The second-order valence-electron chi connectivity index (χ2n) is 5.92. The van der Waals surface area contributed by atoms with Crippen molar-refractivity contribution >= 4 is 11.9 Å². The zero-order valence-electron chi connectivity index (χ0n) is 13.1. The Balaban J connectivity index is 1.49. The van der Waals surface area contributed by atoms with Gasteiger partial charge in [-0.05, 0) is 43.9 Å². The molecule has 9 heteroatoms. The molecule has 0 atom stereocenters. The van der Waals surface area contributed by atoms with Crippen molar-refractivity contribution < 1.29 is 37.0 Å². The Kier molecular flexibility index (Phi) is 4.73. The molecule has 1 fully saturated rings. The third-order valence-electron chi connectivity index (χ3n) is 4.15. The lowest BCUT2D eigenvalue weighted by atomic mass is 9.93. The Morgan fingerprint density at radius 1 is 1.08 bits per heavy atom. The maximum absolute atomic E-state index is 12.2. The van der Waals surface area contributed by atoms with Crippen LogP contribution in [0, 0.1) is 0 Å². The molecule has 0 saturated heterocycles. The van der Waals surface area contributed by atoms with Crippen LogP contribution < -0.4 is 14.8 Å². The molecule has 0 spiro atoms. The summed E-state index contributed by atoms with van der Waals surface area (Å²) < 4.78 is 52.4. The normalized spacial score (nSPS) is 22.4. The highest BCUT2D eigenvalue weighted by molar-refractivity contribution is 5.90. The lowest BCUT2D eigenvalue weighted by molar-refractivity contribution is -0.174. The summed E-state index contributed by atoms with van der Waals surface area (Å²) in [5.74, 6) is -1.44. The number of nitrogens with one attached hydrogen (secondary N) is 1. The topological polar surface area (TPSA) is 73.9 Å². The molecule has 1 heterocycles. The third-order valence-corrected chi connectivity index (χ3v) is 4.15. The van der Waals surface area contributed by atoms with Gasteiger partial charge in [0.05, 0.1) is 5.56 Å². The quantitative estimate of drug-likeness (QED) is 0.840. The Labute approximate surface area is 141 Å². The minimum atomic E-state index is -4.89. The van der Waals surface area contributed by atoms with Gasteiger partial charge in [0.1, 0.15) is 6.10 Å². The molecule has 1 N–H and O–H groups in total. The number of benzene rings is 1. The van der Waals surface area contributed by atoms with Gasteiger partial charge in [-0.25, -0.2) is 4.79 Å². The van der Waals surface area contributed by atoms with E-state index in [1.165, 1.54) is 6.07 Å². The molecule has 136 valence electrons. The molecule has 1 aromatic carbocycles. The molecule has 1 aliphatic carbocycles. The van der Waals surface area contributed by atoms with E-state index in [4.69, 9.17) is 14.2 Å². The Morgan fingerprint density at radius 2 is 1.76 bits per heavy atom. The van der Waals surface area contributed by atoms with Crippen LogP contribution in [0.5, 0.6) is 11.5 Å². The first-order valence-electron chi connectivity index (χ1n) is 7.81. The number of hydrogen-bond acceptors (Lipinski definition) is 5. The highest BCUT2D eigenvalue weighted by Gasteiger charge is 2.40. The molecule has 1 saturated carbocycles. The molecule has 1 aliphatic heterocycles. The van der Waals surface area contributed by atoms with E-state index < -0.39 is 30.2 Å². The lowest BCUT2D eigenvalue weighted by Crippen LogP contribution is -2.45. The largest absolute Gasteiger partial charge is 0.471 e. The van der Waals surface area contributed by atoms with Gasteiger partial charge in [-0.15, -0.1) is 0 Å². The zero-order chi connectivity index (χ0) is 18.0. The summed E-state index contributed by atoms with van der Waals surface area (Å²) in [6.45, 7) is 0.0987. The van der Waals surface area contributed by atoms with Gasteiger partial charge >= 0.3 is 18.1 Å². The zero-order valence-corrected chi connectivity index (χ0v) is 13.1. The van der Waals surface area contributed by atoms with Crippen LogP contribution in [0.2, 0.25) is 0 Å². The van der Waals surface area contributed by atoms with Crippen LogP contribution in [0.1, 0.15) is 36.0 Å². The molecule has 25 heavy (non-hydrogen) atoms. The van der Waals surface area contributed by atoms with Gasteiger partial charge in [-0.1, -0.05) is 0 Å². The SMILES string of the molecule is O=C(OC1CCC(NC(=O)C(F)(F)F)CC1)c1ccc2c(c1)OCO2. The Morgan fingerprint density at radius 3 is 2.44 bits per heavy atom. The maximum Gasteiger partial charge on any atom is 0.471 e. The second kappa shape index (κ2) is 6.81. The van der Waals surface area contributed by atoms with Crippen molar-refractivity contribution in [2.75, 3.05) is 6.79 Å². The van der Waals surface area contributed by atoms with Crippen LogP contribution in [-0.4, -0.2) is 37.0 Å². The summed E-state index contributed by atoms with van der Waals surface area (Å²) in [6, 6.07) is 4.14. The minimum absolute atomic E-state index is 0.0987. The van der Waals surface area contributed by atoms with E-state index in [9.17, 15) is 22.8 Å². The van der Waals surface area contributed by atoms with Crippen LogP contribution in [-0.2, 0) is 9.53 Å². The van der Waals surface area contributed by atoms with Gasteiger partial charge in [-0.2, -0.15) is 13.2 Å². The highest BCUT2D eigenvalue weighted by atomic mass is 19.4. The number of esters is 1. The number of amides is 1. The van der Waals surface area contributed by atoms with Crippen molar-refractivity contribution in [3.05, 3.63) is 23.8 Å². The number of fused-ring (bicyclic) bond motifs is 1. The molecule has 2 aliphatic rings. The van der Waals surface area contributed by atoms with Crippen LogP contribution in [0.15, 0.2) is 18.2 Å². The van der Waals surface area contributed by atoms with E-state index in [2.05, 4.69) is 0 Å². The second-order valence-corrected chi connectivity index (χ2v) is 5.92. The molecular weight excluding hydrogens is 343 g/mol. The van der Waals surface area contributed by atoms with Crippen molar-refractivity contribution in [1.29, 1.82) is 0 Å². The van der Waals surface area contributed by atoms with Crippen molar-refractivity contribution in [2.45, 2.75) is 44.0 Å². The van der Waals surface area contributed by atoms with Gasteiger partial charge in [0.15, 0.2) is 11.5 Å². The fourth-order valence-corrected chi connectivity index (χ4v) is 2.84.